The Labute approximate surface area is 317 Å². The van der Waals surface area contributed by atoms with Crippen molar-refractivity contribution >= 4 is 38.9 Å². The van der Waals surface area contributed by atoms with Crippen molar-refractivity contribution in [1.29, 1.82) is 0 Å². The molecule has 0 fully saturated rings. The number of aryl methyl sites for hydroxylation is 3. The monoisotopic (exact) mass is 684 g/mol. The summed E-state index contributed by atoms with van der Waals surface area (Å²) < 4.78 is 39.3. The van der Waals surface area contributed by atoms with Crippen LogP contribution in [0, 0.1) is 20.8 Å². The highest BCUT2D eigenvalue weighted by Crippen LogP contribution is 2.39. The predicted molar refractivity (Wildman–Crippen MR) is 226 cm³/mol. The summed E-state index contributed by atoms with van der Waals surface area (Å²) in [4.78, 5) is 2.20. The second-order valence-electron chi connectivity index (χ2n) is 13.8. The third-order valence-corrected chi connectivity index (χ3v) is 10.1. The Hall–Kier alpha value is -6.64. The number of hydrogen-bond donors (Lipinski definition) is 0. The lowest BCUT2D eigenvalue weighted by atomic mass is 9.97. The molecule has 53 heavy (non-hydrogen) atoms. The average molecular weight is 685 g/mol. The molecular formula is C51H40N2. The molecular weight excluding hydrogens is 641 g/mol. The molecule has 0 atom stereocenters. The molecule has 8 aromatic carbocycles. The fraction of sp³-hybridized carbons (Fsp3) is 0.0588. The second-order valence-corrected chi connectivity index (χ2v) is 13.8. The summed E-state index contributed by atoms with van der Waals surface area (Å²) in [5.41, 5.74) is 13.6. The Bertz CT molecular complexity index is 2920. The van der Waals surface area contributed by atoms with E-state index in [0.717, 1.165) is 55.7 Å². The quantitative estimate of drug-likeness (QED) is 0.162. The van der Waals surface area contributed by atoms with E-state index in [0.29, 0.717) is 11.1 Å². The topological polar surface area (TPSA) is 8.17 Å². The van der Waals surface area contributed by atoms with E-state index in [2.05, 4.69) is 120 Å². The Balaban J connectivity index is 1.11. The molecule has 0 saturated carbocycles. The van der Waals surface area contributed by atoms with Gasteiger partial charge in [0.05, 0.1) is 16.5 Å². The van der Waals surface area contributed by atoms with Gasteiger partial charge in [-0.3, -0.25) is 0 Å². The van der Waals surface area contributed by atoms with Crippen molar-refractivity contribution in [2.75, 3.05) is 4.90 Å². The van der Waals surface area contributed by atoms with Gasteiger partial charge in [-0.15, -0.1) is 0 Å². The van der Waals surface area contributed by atoms with Crippen LogP contribution in [0.2, 0.25) is 0 Å². The summed E-state index contributed by atoms with van der Waals surface area (Å²) in [7, 11) is 0. The lowest BCUT2D eigenvalue weighted by molar-refractivity contribution is 1.18. The van der Waals surface area contributed by atoms with Crippen LogP contribution in [0.4, 0.5) is 17.1 Å². The van der Waals surface area contributed by atoms with Gasteiger partial charge in [-0.1, -0.05) is 132 Å². The third-order valence-electron chi connectivity index (χ3n) is 10.1. The van der Waals surface area contributed by atoms with Gasteiger partial charge in [0, 0.05) is 33.5 Å². The van der Waals surface area contributed by atoms with E-state index in [4.69, 9.17) is 0 Å². The average Bonchev–Trinajstić information content (AvgIpc) is 3.56. The third kappa shape index (κ3) is 6.09. The van der Waals surface area contributed by atoms with Crippen molar-refractivity contribution in [3.63, 3.8) is 0 Å². The number of anilines is 3. The molecule has 0 unspecified atom stereocenters. The number of benzene rings is 8. The maximum atomic E-state index is 9.28. The largest absolute Gasteiger partial charge is 0.310 e. The van der Waals surface area contributed by atoms with Crippen LogP contribution >= 0.6 is 0 Å². The molecule has 0 amide bonds. The van der Waals surface area contributed by atoms with E-state index >= 15 is 0 Å². The standard InChI is InChI=1S/C51H40N2/c1-35-13-17-38(18-14-35)39-23-29-46(30-24-39)53-50-12-8-7-11-47(50)48-34-43(26-32-51(48)53)41-21-19-40(20-22-41)42-25-31-49(37(3)33-42)52(44-9-5-4-6-10-44)45-27-15-36(2)16-28-45/h4-34H,1-3H3/i19D,20D,21D,22D. The fourth-order valence-corrected chi connectivity index (χ4v) is 7.32. The van der Waals surface area contributed by atoms with Crippen molar-refractivity contribution in [3.05, 3.63) is 205 Å². The van der Waals surface area contributed by atoms with Crippen LogP contribution in [0.15, 0.2) is 188 Å². The smallest absolute Gasteiger partial charge is 0.0629 e. The van der Waals surface area contributed by atoms with Crippen LogP contribution in [-0.2, 0) is 0 Å². The molecule has 1 aromatic heterocycles. The molecule has 0 saturated heterocycles. The summed E-state index contributed by atoms with van der Waals surface area (Å²) in [6.07, 6.45) is 0. The molecule has 0 aliphatic carbocycles. The van der Waals surface area contributed by atoms with Gasteiger partial charge in [-0.2, -0.15) is 0 Å². The van der Waals surface area contributed by atoms with Crippen LogP contribution < -0.4 is 4.90 Å². The number of para-hydroxylation sites is 2. The molecule has 2 nitrogen and oxygen atoms in total. The minimum Gasteiger partial charge on any atom is -0.310 e. The van der Waals surface area contributed by atoms with Gasteiger partial charge in [-0.25, -0.2) is 0 Å². The molecule has 0 spiro atoms. The normalized spacial score (nSPS) is 12.4. The van der Waals surface area contributed by atoms with Crippen molar-refractivity contribution in [3.8, 4) is 39.1 Å². The molecule has 0 radical (unpaired) electrons. The highest BCUT2D eigenvalue weighted by Gasteiger charge is 2.16. The Morgan fingerprint density at radius 3 is 1.58 bits per heavy atom. The molecule has 1 heterocycles. The number of rotatable bonds is 7. The molecule has 0 N–H and O–H groups in total. The number of aromatic nitrogens is 1. The van der Waals surface area contributed by atoms with E-state index in [1.807, 2.05) is 73.7 Å². The van der Waals surface area contributed by atoms with Crippen molar-refractivity contribution in [2.45, 2.75) is 20.8 Å². The lowest BCUT2D eigenvalue weighted by Crippen LogP contribution is -2.11. The highest BCUT2D eigenvalue weighted by atomic mass is 15.1. The fourth-order valence-electron chi connectivity index (χ4n) is 7.32. The number of hydrogen-bond acceptors (Lipinski definition) is 1. The van der Waals surface area contributed by atoms with E-state index in [-0.39, 0.29) is 35.3 Å². The minimum atomic E-state index is -0.0622. The van der Waals surface area contributed by atoms with Crippen LogP contribution in [-0.4, -0.2) is 4.57 Å². The van der Waals surface area contributed by atoms with E-state index < -0.39 is 0 Å². The lowest BCUT2D eigenvalue weighted by Gasteiger charge is -2.27. The Kier molecular flexibility index (Phi) is 7.13. The van der Waals surface area contributed by atoms with E-state index in [1.54, 1.807) is 0 Å². The SMILES string of the molecule is [2H]c1c([2H])c(-c2ccc3c(c2)c2ccccc2n3-c2ccc(-c3ccc(C)cc3)cc2)c([2H])c([2H])c1-c1ccc(N(c2ccccc2)c2ccc(C)cc2)c(C)c1. The zero-order chi connectivity index (χ0) is 39.4. The first-order valence-corrected chi connectivity index (χ1v) is 18.0. The molecule has 9 aromatic rings. The van der Waals surface area contributed by atoms with Gasteiger partial charge >= 0.3 is 0 Å². The zero-order valence-electron chi connectivity index (χ0n) is 34.0. The van der Waals surface area contributed by atoms with E-state index in [1.165, 1.54) is 16.7 Å². The maximum absolute atomic E-state index is 9.28. The molecule has 9 rings (SSSR count). The summed E-state index contributed by atoms with van der Waals surface area (Å²) in [5.74, 6) is 0. The first kappa shape index (κ1) is 28.0. The van der Waals surface area contributed by atoms with Gasteiger partial charge in [0.2, 0.25) is 0 Å². The number of nitrogens with zero attached hydrogens (tertiary/aromatic N) is 2. The number of fused-ring (bicyclic) bond motifs is 3. The summed E-state index contributed by atoms with van der Waals surface area (Å²) in [5, 5.41) is 2.03. The maximum Gasteiger partial charge on any atom is 0.0629 e. The van der Waals surface area contributed by atoms with Crippen LogP contribution in [0.3, 0.4) is 0 Å². The van der Waals surface area contributed by atoms with Crippen molar-refractivity contribution in [1.82, 2.24) is 4.57 Å². The second kappa shape index (κ2) is 13.5. The first-order valence-electron chi connectivity index (χ1n) is 20.0. The first-order chi connectivity index (χ1) is 27.7. The van der Waals surface area contributed by atoms with Crippen LogP contribution in [0.5, 0.6) is 0 Å². The van der Waals surface area contributed by atoms with Crippen LogP contribution in [0.1, 0.15) is 22.2 Å². The van der Waals surface area contributed by atoms with Crippen molar-refractivity contribution in [2.24, 2.45) is 0 Å². The predicted octanol–water partition coefficient (Wildman–Crippen LogP) is 14.2. The van der Waals surface area contributed by atoms with Gasteiger partial charge in [0.15, 0.2) is 0 Å². The molecule has 0 aliphatic rings. The highest BCUT2D eigenvalue weighted by molar-refractivity contribution is 6.10. The van der Waals surface area contributed by atoms with Gasteiger partial charge < -0.3 is 9.47 Å². The van der Waals surface area contributed by atoms with E-state index in [9.17, 15) is 5.48 Å². The van der Waals surface area contributed by atoms with Gasteiger partial charge in [0.1, 0.15) is 0 Å². The zero-order valence-corrected chi connectivity index (χ0v) is 30.0. The molecule has 0 bridgehead atoms. The summed E-state index contributed by atoms with van der Waals surface area (Å²) in [6.45, 7) is 6.19. The van der Waals surface area contributed by atoms with Crippen LogP contribution in [0.25, 0.3) is 60.9 Å². The molecule has 254 valence electrons. The Morgan fingerprint density at radius 2 is 0.925 bits per heavy atom. The summed E-state index contributed by atoms with van der Waals surface area (Å²) >= 11 is 0. The molecule has 0 aliphatic heterocycles. The molecule has 2 heteroatoms. The minimum absolute atomic E-state index is 0.0620. The summed E-state index contributed by atoms with van der Waals surface area (Å²) in [6, 6.07) is 55.6. The van der Waals surface area contributed by atoms with Crippen molar-refractivity contribution < 1.29 is 5.48 Å². The van der Waals surface area contributed by atoms with Gasteiger partial charge in [-0.05, 0) is 126 Å². The van der Waals surface area contributed by atoms with Gasteiger partial charge in [0.25, 0.3) is 0 Å². The Morgan fingerprint density at radius 1 is 0.415 bits per heavy atom.